The quantitative estimate of drug-likeness (QED) is 0.759. The lowest BCUT2D eigenvalue weighted by Gasteiger charge is -2.04. The summed E-state index contributed by atoms with van der Waals surface area (Å²) in [6, 6.07) is 2.49. The van der Waals surface area contributed by atoms with E-state index in [4.69, 9.17) is 5.11 Å². The lowest BCUT2D eigenvalue weighted by molar-refractivity contribution is 0.0692. The number of aromatic hydroxyl groups is 1. The van der Waals surface area contributed by atoms with Crippen LogP contribution in [0.1, 0.15) is 41.1 Å². The third kappa shape index (κ3) is 2.79. The molecule has 0 saturated heterocycles. The van der Waals surface area contributed by atoms with E-state index >= 15 is 0 Å². The minimum Gasteiger partial charge on any atom is -0.493 e. The number of carbonyl (C=O) groups is 2. The number of carbonyl (C=O) groups excluding carboxylic acids is 1. The second-order valence-electron chi connectivity index (χ2n) is 3.89. The molecule has 0 radical (unpaired) electrons. The third-order valence-electron chi connectivity index (χ3n) is 1.98. The predicted octanol–water partition coefficient (Wildman–Crippen LogP) is 1.71. The second-order valence-corrected chi connectivity index (χ2v) is 3.89. The van der Waals surface area contributed by atoms with Crippen LogP contribution in [-0.2, 0) is 0 Å². The molecule has 1 aromatic rings. The molecule has 0 aliphatic heterocycles. The lowest BCUT2D eigenvalue weighted by atomic mass is 10.0. The average molecular weight is 223 g/mol. The summed E-state index contributed by atoms with van der Waals surface area (Å²) in [4.78, 5) is 25.7. The number of rotatable bonds is 4. The fraction of sp³-hybridized carbons (Fsp3) is 0.364. The van der Waals surface area contributed by atoms with Gasteiger partial charge in [-0.3, -0.25) is 4.79 Å². The number of nitrogens with zero attached hydrogens (tertiary/aromatic N) is 1. The van der Waals surface area contributed by atoms with Crippen molar-refractivity contribution in [1.29, 1.82) is 0 Å². The van der Waals surface area contributed by atoms with Gasteiger partial charge in [-0.2, -0.15) is 0 Å². The second kappa shape index (κ2) is 4.74. The van der Waals surface area contributed by atoms with Crippen molar-refractivity contribution < 1.29 is 19.8 Å². The molecule has 1 heterocycles. The first kappa shape index (κ1) is 12.2. The molecule has 16 heavy (non-hydrogen) atoms. The number of aromatic carboxylic acids is 1. The van der Waals surface area contributed by atoms with E-state index < -0.39 is 11.8 Å². The first-order valence-corrected chi connectivity index (χ1v) is 4.88. The molecule has 0 spiro atoms. The van der Waals surface area contributed by atoms with Gasteiger partial charge in [-0.25, -0.2) is 9.78 Å². The van der Waals surface area contributed by atoms with Gasteiger partial charge in [0.2, 0.25) is 5.88 Å². The summed E-state index contributed by atoms with van der Waals surface area (Å²) in [5.74, 6) is -1.91. The number of carboxylic acids is 1. The van der Waals surface area contributed by atoms with Crippen molar-refractivity contribution in [2.45, 2.75) is 20.3 Å². The van der Waals surface area contributed by atoms with E-state index in [9.17, 15) is 14.7 Å². The molecule has 0 saturated carbocycles. The van der Waals surface area contributed by atoms with E-state index in [1.54, 1.807) is 0 Å². The van der Waals surface area contributed by atoms with Gasteiger partial charge in [0.1, 0.15) is 11.3 Å². The molecule has 5 nitrogen and oxygen atoms in total. The molecular weight excluding hydrogens is 210 g/mol. The lowest BCUT2D eigenvalue weighted by Crippen LogP contribution is -2.07. The molecule has 0 unspecified atom stereocenters. The number of ketones is 1. The zero-order valence-corrected chi connectivity index (χ0v) is 9.10. The number of hydrogen-bond acceptors (Lipinski definition) is 4. The molecule has 0 bridgehead atoms. The third-order valence-corrected chi connectivity index (χ3v) is 1.98. The van der Waals surface area contributed by atoms with Gasteiger partial charge in [0, 0.05) is 6.42 Å². The zero-order chi connectivity index (χ0) is 12.3. The maximum absolute atomic E-state index is 11.6. The highest BCUT2D eigenvalue weighted by Gasteiger charge is 2.15. The highest BCUT2D eigenvalue weighted by molar-refractivity contribution is 5.96. The van der Waals surface area contributed by atoms with Gasteiger partial charge in [0.15, 0.2) is 5.78 Å². The van der Waals surface area contributed by atoms with Gasteiger partial charge in [-0.15, -0.1) is 0 Å². The molecule has 0 aliphatic rings. The smallest absolute Gasteiger partial charge is 0.341 e. The van der Waals surface area contributed by atoms with Gasteiger partial charge in [0.25, 0.3) is 0 Å². The van der Waals surface area contributed by atoms with E-state index in [0.29, 0.717) is 6.42 Å². The van der Waals surface area contributed by atoms with Gasteiger partial charge >= 0.3 is 5.97 Å². The molecule has 0 aromatic carbocycles. The Bertz CT molecular complexity index is 426. The van der Waals surface area contributed by atoms with Crippen LogP contribution in [0.4, 0.5) is 0 Å². The maximum atomic E-state index is 11.6. The summed E-state index contributed by atoms with van der Waals surface area (Å²) >= 11 is 0. The van der Waals surface area contributed by atoms with Crippen LogP contribution in [0.25, 0.3) is 0 Å². The fourth-order valence-electron chi connectivity index (χ4n) is 1.25. The molecule has 0 atom stereocenters. The topological polar surface area (TPSA) is 87.5 Å². The van der Waals surface area contributed by atoms with Crippen LogP contribution in [0.5, 0.6) is 5.88 Å². The Labute approximate surface area is 92.8 Å². The highest BCUT2D eigenvalue weighted by Crippen LogP contribution is 2.16. The molecule has 2 N–H and O–H groups in total. The van der Waals surface area contributed by atoms with Crippen LogP contribution < -0.4 is 0 Å². The number of carboxylic acid groups (broad SMARTS) is 1. The van der Waals surface area contributed by atoms with Gasteiger partial charge < -0.3 is 10.2 Å². The van der Waals surface area contributed by atoms with E-state index in [1.165, 1.54) is 12.1 Å². The first-order chi connectivity index (χ1) is 7.41. The van der Waals surface area contributed by atoms with E-state index in [1.807, 2.05) is 13.8 Å². The van der Waals surface area contributed by atoms with Crippen molar-refractivity contribution in [3.05, 3.63) is 23.4 Å². The fourth-order valence-corrected chi connectivity index (χ4v) is 1.25. The van der Waals surface area contributed by atoms with Crippen LogP contribution >= 0.6 is 0 Å². The first-order valence-electron chi connectivity index (χ1n) is 4.88. The summed E-state index contributed by atoms with van der Waals surface area (Å²) in [5, 5.41) is 18.0. The summed E-state index contributed by atoms with van der Waals surface area (Å²) < 4.78 is 0. The van der Waals surface area contributed by atoms with Gasteiger partial charge in [-0.05, 0) is 18.1 Å². The van der Waals surface area contributed by atoms with Crippen molar-refractivity contribution in [2.75, 3.05) is 0 Å². The Morgan fingerprint density at radius 3 is 2.44 bits per heavy atom. The highest BCUT2D eigenvalue weighted by atomic mass is 16.4. The molecule has 86 valence electrons. The van der Waals surface area contributed by atoms with Gasteiger partial charge in [0.05, 0.1) is 0 Å². The van der Waals surface area contributed by atoms with Crippen LogP contribution in [0.2, 0.25) is 0 Å². The van der Waals surface area contributed by atoms with E-state index in [0.717, 1.165) is 0 Å². The van der Waals surface area contributed by atoms with Crippen molar-refractivity contribution in [3.8, 4) is 5.88 Å². The van der Waals surface area contributed by atoms with Crippen LogP contribution in [0, 0.1) is 5.92 Å². The Morgan fingerprint density at radius 1 is 1.38 bits per heavy atom. The maximum Gasteiger partial charge on any atom is 0.341 e. The molecule has 5 heteroatoms. The predicted molar refractivity (Wildman–Crippen MR) is 56.6 cm³/mol. The summed E-state index contributed by atoms with van der Waals surface area (Å²) in [7, 11) is 0. The van der Waals surface area contributed by atoms with Crippen LogP contribution in [-0.4, -0.2) is 26.9 Å². The SMILES string of the molecule is CC(C)CC(=O)c1ccc(C(=O)O)c(O)n1. The van der Waals surface area contributed by atoms with Crippen molar-refractivity contribution in [2.24, 2.45) is 5.92 Å². The number of pyridine rings is 1. The normalized spacial score (nSPS) is 10.4. The van der Waals surface area contributed by atoms with Crippen LogP contribution in [0.3, 0.4) is 0 Å². The summed E-state index contributed by atoms with van der Waals surface area (Å²) in [5.41, 5.74) is -0.211. The largest absolute Gasteiger partial charge is 0.493 e. The van der Waals surface area contributed by atoms with Gasteiger partial charge in [-0.1, -0.05) is 13.8 Å². The summed E-state index contributed by atoms with van der Waals surface area (Å²) in [6.07, 6.45) is 0.318. The minimum atomic E-state index is -1.27. The molecule has 0 amide bonds. The van der Waals surface area contributed by atoms with E-state index in [2.05, 4.69) is 4.98 Å². The molecular formula is C11H13NO4. The van der Waals surface area contributed by atoms with E-state index in [-0.39, 0.29) is 23.0 Å². The van der Waals surface area contributed by atoms with Crippen molar-refractivity contribution in [1.82, 2.24) is 4.98 Å². The van der Waals surface area contributed by atoms with Crippen molar-refractivity contribution in [3.63, 3.8) is 0 Å². The molecule has 0 aliphatic carbocycles. The Morgan fingerprint density at radius 2 is 2.00 bits per heavy atom. The number of hydrogen-bond donors (Lipinski definition) is 2. The zero-order valence-electron chi connectivity index (χ0n) is 9.10. The number of Topliss-reactive ketones (excluding diaryl/α,β-unsaturated/α-hetero) is 1. The molecule has 0 fully saturated rings. The Hall–Kier alpha value is -1.91. The standard InChI is InChI=1S/C11H13NO4/c1-6(2)5-9(13)8-4-3-7(11(15)16)10(14)12-8/h3-4,6H,5H2,1-2H3,(H,12,14)(H,15,16). The molecule has 1 rings (SSSR count). The average Bonchev–Trinajstić information content (AvgIpc) is 2.15. The molecule has 1 aromatic heterocycles. The Kier molecular flexibility index (Phi) is 3.60. The number of aromatic nitrogens is 1. The summed E-state index contributed by atoms with van der Waals surface area (Å²) in [6.45, 7) is 3.78. The van der Waals surface area contributed by atoms with Crippen molar-refractivity contribution >= 4 is 11.8 Å². The minimum absolute atomic E-state index is 0.0937. The van der Waals surface area contributed by atoms with Crippen LogP contribution in [0.15, 0.2) is 12.1 Å². The monoisotopic (exact) mass is 223 g/mol. The Balaban J connectivity index is 2.97.